The molecule has 17 heavy (non-hydrogen) atoms. The molecule has 0 aliphatic carbocycles. The van der Waals surface area contributed by atoms with Crippen molar-refractivity contribution in [2.75, 3.05) is 4.90 Å². The number of rotatable bonds is 1. The Morgan fingerprint density at radius 3 is 2.53 bits per heavy atom. The van der Waals surface area contributed by atoms with Crippen LogP contribution in [0.2, 0.25) is 0 Å². The lowest BCUT2D eigenvalue weighted by molar-refractivity contribution is -0.119. The van der Waals surface area contributed by atoms with Crippen LogP contribution in [0.1, 0.15) is 0 Å². The molecular formula is C12H8N2O3. The number of phenols is 1. The predicted molar refractivity (Wildman–Crippen MR) is 61.6 cm³/mol. The zero-order valence-corrected chi connectivity index (χ0v) is 8.68. The topological polar surface area (TPSA) is 73.4 Å². The van der Waals surface area contributed by atoms with Gasteiger partial charge in [0, 0.05) is 29.3 Å². The molecule has 0 atom stereocenters. The van der Waals surface area contributed by atoms with E-state index in [1.54, 1.807) is 12.3 Å². The maximum atomic E-state index is 11.6. The number of carbonyl (C=O) groups excluding carboxylic acids is 2. The van der Waals surface area contributed by atoms with E-state index in [9.17, 15) is 14.7 Å². The monoisotopic (exact) mass is 228 g/mol. The Kier molecular flexibility index (Phi) is 1.82. The Morgan fingerprint density at radius 1 is 1.12 bits per heavy atom. The molecule has 0 saturated carbocycles. The number of nitrogens with one attached hydrogen (secondary N) is 1. The number of aromatic amines is 1. The number of aromatic hydroxyl groups is 1. The molecule has 3 rings (SSSR count). The fourth-order valence-corrected chi connectivity index (χ4v) is 1.92. The van der Waals surface area contributed by atoms with Crippen LogP contribution in [-0.2, 0) is 9.59 Å². The third kappa shape index (κ3) is 1.32. The van der Waals surface area contributed by atoms with Crippen molar-refractivity contribution < 1.29 is 14.7 Å². The molecule has 1 aromatic carbocycles. The minimum absolute atomic E-state index is 0.0883. The van der Waals surface area contributed by atoms with Crippen LogP contribution in [0.15, 0.2) is 36.5 Å². The van der Waals surface area contributed by atoms with Crippen LogP contribution in [-0.4, -0.2) is 21.9 Å². The van der Waals surface area contributed by atoms with E-state index >= 15 is 0 Å². The van der Waals surface area contributed by atoms with Gasteiger partial charge < -0.3 is 10.1 Å². The third-order valence-electron chi connectivity index (χ3n) is 2.69. The lowest BCUT2D eigenvalue weighted by atomic mass is 10.2. The van der Waals surface area contributed by atoms with Gasteiger partial charge in [-0.15, -0.1) is 0 Å². The van der Waals surface area contributed by atoms with Crippen LogP contribution in [0, 0.1) is 0 Å². The van der Waals surface area contributed by atoms with Crippen molar-refractivity contribution in [1.29, 1.82) is 0 Å². The van der Waals surface area contributed by atoms with E-state index in [0.29, 0.717) is 11.1 Å². The number of hydrogen-bond donors (Lipinski definition) is 2. The number of phenolic OH excluding ortho intramolecular Hbond substituents is 1. The van der Waals surface area contributed by atoms with Gasteiger partial charge in [0.25, 0.3) is 11.8 Å². The Balaban J connectivity index is 2.21. The third-order valence-corrected chi connectivity index (χ3v) is 2.69. The highest BCUT2D eigenvalue weighted by Crippen LogP contribution is 2.31. The number of nitrogens with zero attached hydrogens (tertiary/aromatic N) is 1. The molecule has 0 saturated heterocycles. The molecule has 5 nitrogen and oxygen atoms in total. The van der Waals surface area contributed by atoms with Crippen LogP contribution >= 0.6 is 0 Å². The molecule has 0 bridgehead atoms. The average molecular weight is 228 g/mol. The molecule has 0 fully saturated rings. The molecule has 0 radical (unpaired) electrons. The average Bonchev–Trinajstić information content (AvgIpc) is 2.83. The molecule has 2 aromatic rings. The molecule has 84 valence electrons. The van der Waals surface area contributed by atoms with E-state index in [1.807, 2.05) is 0 Å². The molecule has 1 aromatic heterocycles. The fraction of sp³-hybridized carbons (Fsp3) is 0. The van der Waals surface area contributed by atoms with Crippen molar-refractivity contribution >= 4 is 28.4 Å². The van der Waals surface area contributed by atoms with E-state index < -0.39 is 0 Å². The Morgan fingerprint density at radius 2 is 1.82 bits per heavy atom. The normalized spacial score (nSPS) is 15.2. The first kappa shape index (κ1) is 9.65. The van der Waals surface area contributed by atoms with Crippen LogP contribution in [0.5, 0.6) is 5.75 Å². The van der Waals surface area contributed by atoms with Crippen LogP contribution < -0.4 is 4.90 Å². The molecular weight excluding hydrogens is 220 g/mol. The number of hydrogen-bond acceptors (Lipinski definition) is 3. The molecule has 1 aliphatic heterocycles. The second-order valence-electron chi connectivity index (χ2n) is 3.75. The standard InChI is InChI=1S/C12H8N2O3/c15-7-1-2-9-8(5-7)10(6-13-9)14-11(16)3-4-12(14)17/h1-6,13,15H. The van der Waals surface area contributed by atoms with Gasteiger partial charge in [-0.1, -0.05) is 0 Å². The summed E-state index contributed by atoms with van der Waals surface area (Å²) in [6, 6.07) is 4.74. The summed E-state index contributed by atoms with van der Waals surface area (Å²) in [5, 5.41) is 10.1. The summed E-state index contributed by atoms with van der Waals surface area (Å²) in [5.74, 6) is -0.663. The summed E-state index contributed by atoms with van der Waals surface area (Å²) in [4.78, 5) is 27.1. The second kappa shape index (κ2) is 3.21. The molecule has 0 unspecified atom stereocenters. The number of anilines is 1. The van der Waals surface area contributed by atoms with Gasteiger partial charge in [-0.25, -0.2) is 4.90 Å². The molecule has 2 amide bonds. The summed E-state index contributed by atoms with van der Waals surface area (Å²) in [7, 11) is 0. The Labute approximate surface area is 96.0 Å². The lowest BCUT2D eigenvalue weighted by Crippen LogP contribution is -2.29. The molecule has 0 spiro atoms. The first-order chi connectivity index (χ1) is 8.16. The summed E-state index contributed by atoms with van der Waals surface area (Å²) < 4.78 is 0. The summed E-state index contributed by atoms with van der Waals surface area (Å²) in [6.07, 6.45) is 4.03. The molecule has 2 N–H and O–H groups in total. The zero-order valence-electron chi connectivity index (χ0n) is 8.68. The van der Waals surface area contributed by atoms with Crippen molar-refractivity contribution in [3.8, 4) is 5.75 Å². The quantitative estimate of drug-likeness (QED) is 0.722. The maximum Gasteiger partial charge on any atom is 0.258 e. The van der Waals surface area contributed by atoms with Crippen LogP contribution in [0.4, 0.5) is 5.69 Å². The number of benzene rings is 1. The van der Waals surface area contributed by atoms with E-state index in [4.69, 9.17) is 0 Å². The van der Waals surface area contributed by atoms with Gasteiger partial charge >= 0.3 is 0 Å². The fourth-order valence-electron chi connectivity index (χ4n) is 1.92. The smallest absolute Gasteiger partial charge is 0.258 e. The van der Waals surface area contributed by atoms with Gasteiger partial charge in [-0.2, -0.15) is 0 Å². The van der Waals surface area contributed by atoms with Gasteiger partial charge in [-0.05, 0) is 18.2 Å². The van der Waals surface area contributed by atoms with Crippen LogP contribution in [0.25, 0.3) is 10.9 Å². The van der Waals surface area contributed by atoms with Crippen molar-refractivity contribution in [3.63, 3.8) is 0 Å². The minimum Gasteiger partial charge on any atom is -0.508 e. The number of fused-ring (bicyclic) bond motifs is 1. The van der Waals surface area contributed by atoms with E-state index in [0.717, 1.165) is 10.4 Å². The largest absolute Gasteiger partial charge is 0.508 e. The van der Waals surface area contributed by atoms with Gasteiger partial charge in [0.05, 0.1) is 5.69 Å². The number of imide groups is 1. The Bertz CT molecular complexity index is 651. The predicted octanol–water partition coefficient (Wildman–Crippen LogP) is 1.30. The van der Waals surface area contributed by atoms with Crippen molar-refractivity contribution in [1.82, 2.24) is 4.98 Å². The summed E-state index contributed by atoms with van der Waals surface area (Å²) in [6.45, 7) is 0. The zero-order chi connectivity index (χ0) is 12.0. The van der Waals surface area contributed by atoms with Gasteiger partial charge in [0.1, 0.15) is 5.75 Å². The highest BCUT2D eigenvalue weighted by molar-refractivity contribution is 6.30. The maximum absolute atomic E-state index is 11.6. The SMILES string of the molecule is O=C1C=CC(=O)N1c1c[nH]c2ccc(O)cc12. The minimum atomic E-state index is -0.376. The summed E-state index contributed by atoms with van der Waals surface area (Å²) >= 11 is 0. The van der Waals surface area contributed by atoms with Crippen molar-refractivity contribution in [2.24, 2.45) is 0 Å². The Hall–Kier alpha value is -2.56. The number of carbonyl (C=O) groups is 2. The molecule has 1 aliphatic rings. The summed E-state index contributed by atoms with van der Waals surface area (Å²) in [5.41, 5.74) is 1.21. The van der Waals surface area contributed by atoms with Crippen LogP contribution in [0.3, 0.4) is 0 Å². The van der Waals surface area contributed by atoms with E-state index in [2.05, 4.69) is 4.98 Å². The first-order valence-electron chi connectivity index (χ1n) is 5.03. The van der Waals surface area contributed by atoms with Gasteiger partial charge in [-0.3, -0.25) is 9.59 Å². The van der Waals surface area contributed by atoms with E-state index in [1.165, 1.54) is 24.3 Å². The van der Waals surface area contributed by atoms with E-state index in [-0.39, 0.29) is 17.6 Å². The number of aromatic nitrogens is 1. The molecule has 2 heterocycles. The first-order valence-corrected chi connectivity index (χ1v) is 5.03. The highest BCUT2D eigenvalue weighted by Gasteiger charge is 2.27. The van der Waals surface area contributed by atoms with Gasteiger partial charge in [0.15, 0.2) is 0 Å². The number of H-pyrrole nitrogens is 1. The highest BCUT2D eigenvalue weighted by atomic mass is 16.3. The molecule has 5 heteroatoms. The van der Waals surface area contributed by atoms with Crippen molar-refractivity contribution in [3.05, 3.63) is 36.5 Å². The lowest BCUT2D eigenvalue weighted by Gasteiger charge is -2.12. The van der Waals surface area contributed by atoms with Crippen molar-refractivity contribution in [2.45, 2.75) is 0 Å². The van der Waals surface area contributed by atoms with Gasteiger partial charge in [0.2, 0.25) is 0 Å². The number of amides is 2. The second-order valence-corrected chi connectivity index (χ2v) is 3.75.